The number of aliphatic hydroxyl groups excluding tert-OH is 1. The molecule has 1 aromatic carbocycles. The van der Waals surface area contributed by atoms with Crippen LogP contribution >= 0.6 is 11.8 Å². The molecule has 6 rings (SSSR count). The van der Waals surface area contributed by atoms with E-state index in [2.05, 4.69) is 31.4 Å². The van der Waals surface area contributed by atoms with Gasteiger partial charge >= 0.3 is 0 Å². The number of aliphatic hydroxyl groups is 1. The third-order valence-electron chi connectivity index (χ3n) is 5.89. The van der Waals surface area contributed by atoms with Crippen LogP contribution in [0.1, 0.15) is 0 Å². The molecule has 0 radical (unpaired) electrons. The minimum atomic E-state index is 0.0237. The van der Waals surface area contributed by atoms with E-state index in [1.807, 2.05) is 60.5 Å². The van der Waals surface area contributed by atoms with E-state index in [0.29, 0.717) is 6.54 Å². The summed E-state index contributed by atoms with van der Waals surface area (Å²) in [7, 11) is 3.56. The molecule has 10 nitrogen and oxygen atoms in total. The molecule has 1 N–H and O–H groups in total. The van der Waals surface area contributed by atoms with Crippen LogP contribution in [0, 0.1) is 0 Å². The van der Waals surface area contributed by atoms with E-state index in [9.17, 15) is 5.11 Å². The lowest BCUT2D eigenvalue weighted by molar-refractivity contribution is 0.269. The van der Waals surface area contributed by atoms with Crippen molar-refractivity contribution in [2.75, 3.05) is 13.7 Å². The predicted molar refractivity (Wildman–Crippen MR) is 136 cm³/mol. The second-order valence-corrected chi connectivity index (χ2v) is 9.27. The normalized spacial score (nSPS) is 11.5. The van der Waals surface area contributed by atoms with Gasteiger partial charge in [-0.15, -0.1) is 10.2 Å². The third-order valence-corrected chi connectivity index (χ3v) is 6.84. The number of pyridine rings is 2. The highest BCUT2D eigenvalue weighted by Gasteiger charge is 2.15. The van der Waals surface area contributed by atoms with E-state index in [1.54, 1.807) is 28.9 Å². The van der Waals surface area contributed by atoms with Gasteiger partial charge in [0.15, 0.2) is 10.8 Å². The molecule has 0 saturated carbocycles. The second kappa shape index (κ2) is 9.10. The fraction of sp³-hybridized carbons (Fsp3) is 0.160. The Morgan fingerprint density at radius 2 is 1.83 bits per heavy atom. The van der Waals surface area contributed by atoms with Crippen LogP contribution in [-0.2, 0) is 13.6 Å². The van der Waals surface area contributed by atoms with Crippen molar-refractivity contribution in [3.63, 3.8) is 0 Å². The molecular formula is C25H22N8O2S. The van der Waals surface area contributed by atoms with Crippen LogP contribution in [-0.4, -0.2) is 58.0 Å². The topological polar surface area (TPSA) is 108 Å². The molecule has 180 valence electrons. The van der Waals surface area contributed by atoms with E-state index >= 15 is 0 Å². The van der Waals surface area contributed by atoms with Crippen LogP contribution in [0.3, 0.4) is 0 Å². The van der Waals surface area contributed by atoms with Crippen molar-refractivity contribution in [1.29, 1.82) is 0 Å². The highest BCUT2D eigenvalue weighted by Crippen LogP contribution is 2.38. The van der Waals surface area contributed by atoms with Crippen molar-refractivity contribution in [1.82, 2.24) is 39.1 Å². The Hall–Kier alpha value is -4.22. The highest BCUT2D eigenvalue weighted by atomic mass is 32.2. The smallest absolute Gasteiger partial charge is 0.200 e. The summed E-state index contributed by atoms with van der Waals surface area (Å²) in [5.74, 6) is 0.718. The van der Waals surface area contributed by atoms with Gasteiger partial charge in [-0.1, -0.05) is 0 Å². The van der Waals surface area contributed by atoms with Crippen molar-refractivity contribution in [3.8, 4) is 28.0 Å². The van der Waals surface area contributed by atoms with Gasteiger partial charge < -0.3 is 9.84 Å². The molecule has 0 aliphatic heterocycles. The Bertz CT molecular complexity index is 1700. The van der Waals surface area contributed by atoms with Gasteiger partial charge in [0.05, 0.1) is 38.2 Å². The standard InChI is InChI=1S/C25H22N8O2S/c1-31-13-17(10-27-31)16-3-6-23-29-30-25(33(23)15-16)36-19-4-5-22-20(9-19)24(35-2)21(12-26-22)18-11-28-32(14-18)7-8-34/h3-6,9-15,34H,7-8H2,1-2H3. The minimum absolute atomic E-state index is 0.0237. The molecule has 0 atom stereocenters. The van der Waals surface area contributed by atoms with E-state index < -0.39 is 0 Å². The lowest BCUT2D eigenvalue weighted by Crippen LogP contribution is -2.01. The molecule has 0 spiro atoms. The van der Waals surface area contributed by atoms with Gasteiger partial charge in [-0.2, -0.15) is 10.2 Å². The van der Waals surface area contributed by atoms with E-state index in [4.69, 9.17) is 4.74 Å². The Labute approximate surface area is 210 Å². The molecule has 5 aromatic heterocycles. The quantitative estimate of drug-likeness (QED) is 0.355. The maximum Gasteiger partial charge on any atom is 0.200 e. The molecule has 0 amide bonds. The summed E-state index contributed by atoms with van der Waals surface area (Å²) in [5.41, 5.74) is 5.37. The van der Waals surface area contributed by atoms with Crippen LogP contribution < -0.4 is 4.74 Å². The first-order valence-corrected chi connectivity index (χ1v) is 12.1. The molecular weight excluding hydrogens is 476 g/mol. The minimum Gasteiger partial charge on any atom is -0.495 e. The number of ether oxygens (including phenoxy) is 1. The second-order valence-electron chi connectivity index (χ2n) is 8.23. The number of aromatic nitrogens is 8. The zero-order chi connectivity index (χ0) is 24.6. The zero-order valence-electron chi connectivity index (χ0n) is 19.6. The lowest BCUT2D eigenvalue weighted by atomic mass is 10.1. The number of hydrogen-bond acceptors (Lipinski definition) is 8. The molecule has 6 aromatic rings. The third kappa shape index (κ3) is 3.97. The number of fused-ring (bicyclic) bond motifs is 2. The fourth-order valence-corrected chi connectivity index (χ4v) is 5.00. The van der Waals surface area contributed by atoms with Gasteiger partial charge in [0.25, 0.3) is 0 Å². The van der Waals surface area contributed by atoms with Crippen LogP contribution in [0.25, 0.3) is 38.8 Å². The summed E-state index contributed by atoms with van der Waals surface area (Å²) in [6, 6.07) is 10.0. The lowest BCUT2D eigenvalue weighted by Gasteiger charge is -2.11. The Morgan fingerprint density at radius 3 is 2.64 bits per heavy atom. The summed E-state index contributed by atoms with van der Waals surface area (Å²) in [6.07, 6.45) is 11.3. The van der Waals surface area contributed by atoms with Crippen LogP contribution in [0.5, 0.6) is 5.75 Å². The molecule has 5 heterocycles. The average molecular weight is 499 g/mol. The summed E-state index contributed by atoms with van der Waals surface area (Å²) >= 11 is 1.52. The molecule has 0 aliphatic carbocycles. The summed E-state index contributed by atoms with van der Waals surface area (Å²) < 4.78 is 11.3. The molecule has 0 unspecified atom stereocenters. The zero-order valence-corrected chi connectivity index (χ0v) is 20.4. The highest BCUT2D eigenvalue weighted by molar-refractivity contribution is 7.99. The molecule has 0 saturated heterocycles. The van der Waals surface area contributed by atoms with Gasteiger partial charge in [-0.3, -0.25) is 18.7 Å². The van der Waals surface area contributed by atoms with Crippen molar-refractivity contribution < 1.29 is 9.84 Å². The van der Waals surface area contributed by atoms with Crippen molar-refractivity contribution >= 4 is 28.3 Å². The molecule has 0 fully saturated rings. The Balaban J connectivity index is 1.38. The first kappa shape index (κ1) is 22.3. The maximum absolute atomic E-state index is 9.20. The van der Waals surface area contributed by atoms with Gasteiger partial charge in [0, 0.05) is 64.4 Å². The first-order chi connectivity index (χ1) is 17.6. The van der Waals surface area contributed by atoms with E-state index in [1.165, 1.54) is 11.8 Å². The number of rotatable bonds is 7. The van der Waals surface area contributed by atoms with Crippen molar-refractivity contribution in [2.24, 2.45) is 7.05 Å². The van der Waals surface area contributed by atoms with E-state index in [-0.39, 0.29) is 6.61 Å². The fourth-order valence-electron chi connectivity index (χ4n) is 4.15. The predicted octanol–water partition coefficient (Wildman–Crippen LogP) is 3.69. The summed E-state index contributed by atoms with van der Waals surface area (Å²) in [4.78, 5) is 5.62. The first-order valence-electron chi connectivity index (χ1n) is 11.2. The van der Waals surface area contributed by atoms with Gasteiger partial charge in [0.1, 0.15) is 5.75 Å². The van der Waals surface area contributed by atoms with Gasteiger partial charge in [0.2, 0.25) is 0 Å². The average Bonchev–Trinajstić information content (AvgIpc) is 3.64. The number of nitrogens with zero attached hydrogens (tertiary/aromatic N) is 8. The number of hydrogen-bond donors (Lipinski definition) is 1. The molecule has 11 heteroatoms. The van der Waals surface area contributed by atoms with Crippen LogP contribution in [0.15, 0.2) is 77.6 Å². The van der Waals surface area contributed by atoms with Crippen LogP contribution in [0.4, 0.5) is 0 Å². The molecule has 36 heavy (non-hydrogen) atoms. The monoisotopic (exact) mass is 498 g/mol. The van der Waals surface area contributed by atoms with Crippen molar-refractivity contribution in [2.45, 2.75) is 16.6 Å². The Morgan fingerprint density at radius 1 is 0.944 bits per heavy atom. The maximum atomic E-state index is 9.20. The summed E-state index contributed by atoms with van der Waals surface area (Å²) in [5, 5.41) is 28.2. The van der Waals surface area contributed by atoms with Gasteiger partial charge in [-0.25, -0.2) is 0 Å². The Kier molecular flexibility index (Phi) is 5.62. The largest absolute Gasteiger partial charge is 0.495 e. The van der Waals surface area contributed by atoms with Crippen molar-refractivity contribution in [3.05, 3.63) is 67.5 Å². The van der Waals surface area contributed by atoms with Crippen LogP contribution in [0.2, 0.25) is 0 Å². The summed E-state index contributed by atoms with van der Waals surface area (Å²) in [6.45, 7) is 0.453. The number of benzene rings is 1. The number of methoxy groups -OCH3 is 1. The van der Waals surface area contributed by atoms with E-state index in [0.717, 1.165) is 54.6 Å². The SMILES string of the molecule is COc1c(-c2cnn(CCO)c2)cnc2ccc(Sc3nnc4ccc(-c5cnn(C)c5)cn34)cc12. The van der Waals surface area contributed by atoms with Gasteiger partial charge in [-0.05, 0) is 42.1 Å². The molecule has 0 aliphatic rings. The molecule has 0 bridgehead atoms. The number of aryl methyl sites for hydroxylation is 1.